The molecule has 2 amide bonds. The number of carbonyl (C=O) groups is 2. The second-order valence-electron chi connectivity index (χ2n) is 7.57. The van der Waals surface area contributed by atoms with Crippen LogP contribution in [-0.4, -0.2) is 49.7 Å². The molecule has 7 nitrogen and oxygen atoms in total. The zero-order chi connectivity index (χ0) is 22.6. The molecule has 0 bridgehead atoms. The van der Waals surface area contributed by atoms with Gasteiger partial charge in [-0.15, -0.1) is 11.3 Å². The summed E-state index contributed by atoms with van der Waals surface area (Å²) in [7, 11) is -3.78. The summed E-state index contributed by atoms with van der Waals surface area (Å²) in [6.45, 7) is 4.15. The Morgan fingerprint density at radius 3 is 2.32 bits per heavy atom. The Balaban J connectivity index is 1.62. The predicted molar refractivity (Wildman–Crippen MR) is 122 cm³/mol. The molecule has 1 saturated heterocycles. The number of benzene rings is 1. The second kappa shape index (κ2) is 10.1. The zero-order valence-corrected chi connectivity index (χ0v) is 19.8. The van der Waals surface area contributed by atoms with Crippen molar-refractivity contribution in [3.8, 4) is 0 Å². The van der Waals surface area contributed by atoms with Gasteiger partial charge in [-0.1, -0.05) is 30.2 Å². The lowest BCUT2D eigenvalue weighted by atomic mass is 10.0. The van der Waals surface area contributed by atoms with Gasteiger partial charge in [0.1, 0.15) is 9.77 Å². The van der Waals surface area contributed by atoms with Crippen LogP contribution in [-0.2, 0) is 10.0 Å². The van der Waals surface area contributed by atoms with Crippen molar-refractivity contribution in [2.75, 3.05) is 13.1 Å². The molecule has 0 spiro atoms. The standard InChI is InChI=1S/C21H26ClN3O4S2/c1-14-6-5-7-15(2)25(14)31(28,29)18-10-13-30-19(18)21(27)24-12-11-23-20(26)16-8-3-4-9-17(16)22/h3-4,8-10,13-15H,5-7,11-12H2,1-2H3,(H,23,26)(H,24,27)/t14-,15-/m1/s1. The van der Waals surface area contributed by atoms with E-state index in [0.717, 1.165) is 30.6 Å². The number of thiophene rings is 1. The molecule has 2 N–H and O–H groups in total. The lowest BCUT2D eigenvalue weighted by Gasteiger charge is -2.37. The van der Waals surface area contributed by atoms with Gasteiger partial charge >= 0.3 is 0 Å². The Morgan fingerprint density at radius 2 is 1.68 bits per heavy atom. The largest absolute Gasteiger partial charge is 0.350 e. The van der Waals surface area contributed by atoms with Gasteiger partial charge in [-0.25, -0.2) is 8.42 Å². The Bertz CT molecular complexity index is 1040. The Labute approximate surface area is 191 Å². The number of sulfonamides is 1. The van der Waals surface area contributed by atoms with Crippen molar-refractivity contribution >= 4 is 44.8 Å². The summed E-state index contributed by atoms with van der Waals surface area (Å²) in [6, 6.07) is 7.96. The van der Waals surface area contributed by atoms with Crippen molar-refractivity contribution in [1.82, 2.24) is 14.9 Å². The number of amides is 2. The molecule has 168 valence electrons. The first-order chi connectivity index (χ1) is 14.7. The maximum atomic E-state index is 13.3. The summed E-state index contributed by atoms with van der Waals surface area (Å²) in [5.74, 6) is -0.815. The van der Waals surface area contributed by atoms with Crippen LogP contribution < -0.4 is 10.6 Å². The molecular weight excluding hydrogens is 458 g/mol. The number of nitrogens with zero attached hydrogens (tertiary/aromatic N) is 1. The molecule has 1 aliphatic rings. The highest BCUT2D eigenvalue weighted by atomic mass is 35.5. The molecule has 1 aliphatic heterocycles. The molecule has 3 rings (SSSR count). The molecule has 0 saturated carbocycles. The van der Waals surface area contributed by atoms with Crippen LogP contribution in [0, 0.1) is 0 Å². The number of halogens is 1. The Morgan fingerprint density at radius 1 is 1.06 bits per heavy atom. The average molecular weight is 484 g/mol. The molecule has 1 aromatic heterocycles. The van der Waals surface area contributed by atoms with Crippen molar-refractivity contribution in [2.45, 2.75) is 50.1 Å². The first-order valence-corrected chi connectivity index (χ1v) is 12.8. The number of carbonyl (C=O) groups excluding carboxylic acids is 2. The van der Waals surface area contributed by atoms with Crippen LogP contribution in [0.25, 0.3) is 0 Å². The van der Waals surface area contributed by atoms with E-state index in [1.54, 1.807) is 29.6 Å². The van der Waals surface area contributed by atoms with Crippen LogP contribution in [0.3, 0.4) is 0 Å². The predicted octanol–water partition coefficient (Wildman–Crippen LogP) is 3.51. The van der Waals surface area contributed by atoms with Crippen LogP contribution in [0.1, 0.15) is 53.1 Å². The van der Waals surface area contributed by atoms with Gasteiger partial charge in [-0.05, 0) is 50.3 Å². The second-order valence-corrected chi connectivity index (χ2v) is 10.7. The number of hydrogen-bond acceptors (Lipinski definition) is 5. The topological polar surface area (TPSA) is 95.6 Å². The zero-order valence-electron chi connectivity index (χ0n) is 17.4. The van der Waals surface area contributed by atoms with E-state index in [1.165, 1.54) is 10.4 Å². The molecule has 2 atom stereocenters. The summed E-state index contributed by atoms with van der Waals surface area (Å²) in [4.78, 5) is 25.0. The Kier molecular flexibility index (Phi) is 7.74. The van der Waals surface area contributed by atoms with Crippen LogP contribution in [0.4, 0.5) is 0 Å². The molecule has 31 heavy (non-hydrogen) atoms. The van der Waals surface area contributed by atoms with E-state index in [1.807, 2.05) is 13.8 Å². The first kappa shape index (κ1) is 23.7. The highest BCUT2D eigenvalue weighted by Gasteiger charge is 2.38. The fourth-order valence-corrected chi connectivity index (χ4v) is 7.25. The Hall–Kier alpha value is -1.94. The monoisotopic (exact) mass is 483 g/mol. The molecule has 10 heteroatoms. The van der Waals surface area contributed by atoms with Gasteiger partial charge in [-0.3, -0.25) is 9.59 Å². The molecule has 0 unspecified atom stereocenters. The number of rotatable bonds is 7. The van der Waals surface area contributed by atoms with Crippen LogP contribution in [0.15, 0.2) is 40.6 Å². The summed E-state index contributed by atoms with van der Waals surface area (Å²) in [5.41, 5.74) is 0.354. The number of nitrogens with one attached hydrogen (secondary N) is 2. The molecule has 0 aliphatic carbocycles. The maximum Gasteiger partial charge on any atom is 0.262 e. The van der Waals surface area contributed by atoms with Crippen molar-refractivity contribution in [2.24, 2.45) is 0 Å². The summed E-state index contributed by atoms with van der Waals surface area (Å²) < 4.78 is 28.1. The molecule has 2 heterocycles. The van der Waals surface area contributed by atoms with E-state index >= 15 is 0 Å². The van der Waals surface area contributed by atoms with Gasteiger partial charge in [0.25, 0.3) is 11.8 Å². The van der Waals surface area contributed by atoms with E-state index in [4.69, 9.17) is 11.6 Å². The van der Waals surface area contributed by atoms with E-state index < -0.39 is 15.9 Å². The van der Waals surface area contributed by atoms with Crippen molar-refractivity contribution in [3.05, 3.63) is 51.2 Å². The van der Waals surface area contributed by atoms with Gasteiger partial charge in [-0.2, -0.15) is 4.31 Å². The quantitative estimate of drug-likeness (QED) is 0.589. The fourth-order valence-electron chi connectivity index (χ4n) is 3.82. The molecule has 0 radical (unpaired) electrons. The van der Waals surface area contributed by atoms with Gasteiger partial charge < -0.3 is 10.6 Å². The smallest absolute Gasteiger partial charge is 0.262 e. The first-order valence-electron chi connectivity index (χ1n) is 10.2. The lowest BCUT2D eigenvalue weighted by Crippen LogP contribution is -2.47. The van der Waals surface area contributed by atoms with Gasteiger partial charge in [0.2, 0.25) is 10.0 Å². The highest BCUT2D eigenvalue weighted by molar-refractivity contribution is 7.89. The third kappa shape index (κ3) is 5.28. The van der Waals surface area contributed by atoms with Gasteiger partial charge in [0.05, 0.1) is 10.6 Å². The number of hydrogen-bond donors (Lipinski definition) is 2. The third-order valence-electron chi connectivity index (χ3n) is 5.32. The summed E-state index contributed by atoms with van der Waals surface area (Å²) in [6.07, 6.45) is 2.60. The molecule has 1 aromatic carbocycles. The van der Waals surface area contributed by atoms with Crippen LogP contribution in [0.5, 0.6) is 0 Å². The minimum absolute atomic E-state index is 0.0377. The van der Waals surface area contributed by atoms with Gasteiger partial charge in [0.15, 0.2) is 0 Å². The summed E-state index contributed by atoms with van der Waals surface area (Å²) in [5, 5.41) is 7.33. The minimum Gasteiger partial charge on any atom is -0.350 e. The van der Waals surface area contributed by atoms with Gasteiger partial charge in [0, 0.05) is 25.2 Å². The van der Waals surface area contributed by atoms with E-state index in [0.29, 0.717) is 10.6 Å². The minimum atomic E-state index is -3.78. The van der Waals surface area contributed by atoms with Crippen LogP contribution >= 0.6 is 22.9 Å². The van der Waals surface area contributed by atoms with E-state index in [9.17, 15) is 18.0 Å². The maximum absolute atomic E-state index is 13.3. The lowest BCUT2D eigenvalue weighted by molar-refractivity contribution is 0.0928. The van der Waals surface area contributed by atoms with Crippen molar-refractivity contribution in [3.63, 3.8) is 0 Å². The third-order valence-corrected chi connectivity index (χ3v) is 8.86. The average Bonchev–Trinajstić information content (AvgIpc) is 3.22. The molecule has 2 aromatic rings. The SMILES string of the molecule is C[C@@H]1CCC[C@@H](C)N1S(=O)(=O)c1ccsc1C(=O)NCCNC(=O)c1ccccc1Cl. The van der Waals surface area contributed by atoms with Crippen LogP contribution in [0.2, 0.25) is 5.02 Å². The molecular formula is C21H26ClN3O4S2. The normalized spacial score (nSPS) is 19.7. The highest BCUT2D eigenvalue weighted by Crippen LogP contribution is 2.32. The van der Waals surface area contributed by atoms with E-state index in [-0.39, 0.29) is 40.9 Å². The number of piperidine rings is 1. The van der Waals surface area contributed by atoms with Crippen molar-refractivity contribution in [1.29, 1.82) is 0 Å². The molecule has 1 fully saturated rings. The van der Waals surface area contributed by atoms with E-state index in [2.05, 4.69) is 10.6 Å². The van der Waals surface area contributed by atoms with Crippen molar-refractivity contribution < 1.29 is 18.0 Å². The summed E-state index contributed by atoms with van der Waals surface area (Å²) >= 11 is 7.10. The fraction of sp³-hybridized carbons (Fsp3) is 0.429.